The molecule has 4 nitrogen and oxygen atoms in total. The van der Waals surface area contributed by atoms with Crippen LogP contribution in [0.15, 0.2) is 90.0 Å². The molecule has 5 rings (SSSR count). The van der Waals surface area contributed by atoms with Crippen molar-refractivity contribution in [1.29, 1.82) is 0 Å². The van der Waals surface area contributed by atoms with Gasteiger partial charge in [0.1, 0.15) is 6.61 Å². The molecule has 0 fully saturated rings. The zero-order valence-electron chi connectivity index (χ0n) is 23.2. The summed E-state index contributed by atoms with van der Waals surface area (Å²) in [6.45, 7) is 7.49. The van der Waals surface area contributed by atoms with Crippen molar-refractivity contribution in [2.75, 3.05) is 13.2 Å². The van der Waals surface area contributed by atoms with Gasteiger partial charge in [0.05, 0.1) is 6.10 Å². The number of carbonyl (C=O) groups is 1. The van der Waals surface area contributed by atoms with E-state index in [2.05, 4.69) is 68.6 Å². The second-order valence-electron chi connectivity index (χ2n) is 11.5. The highest BCUT2D eigenvalue weighted by molar-refractivity contribution is 5.79. The van der Waals surface area contributed by atoms with Gasteiger partial charge >= 0.3 is 6.09 Å². The number of hydrogen-bond acceptors (Lipinski definition) is 3. The number of rotatable bonds is 8. The molecule has 0 radical (unpaired) electrons. The van der Waals surface area contributed by atoms with Crippen molar-refractivity contribution in [3.05, 3.63) is 112 Å². The highest BCUT2D eigenvalue weighted by Crippen LogP contribution is 2.44. The molecule has 0 aliphatic heterocycles. The van der Waals surface area contributed by atoms with E-state index in [4.69, 9.17) is 4.74 Å². The van der Waals surface area contributed by atoms with E-state index in [0.717, 1.165) is 11.1 Å². The Morgan fingerprint density at radius 1 is 1.03 bits per heavy atom. The monoisotopic (exact) mass is 521 g/mol. The Balaban J connectivity index is 1.13. The molecule has 0 saturated carbocycles. The Morgan fingerprint density at radius 2 is 1.72 bits per heavy atom. The van der Waals surface area contributed by atoms with E-state index < -0.39 is 12.2 Å². The van der Waals surface area contributed by atoms with E-state index in [1.807, 2.05) is 42.5 Å². The van der Waals surface area contributed by atoms with E-state index in [9.17, 15) is 9.90 Å². The van der Waals surface area contributed by atoms with Gasteiger partial charge in [0, 0.05) is 12.5 Å². The second-order valence-corrected chi connectivity index (χ2v) is 11.5. The van der Waals surface area contributed by atoms with Crippen LogP contribution in [0.25, 0.3) is 17.2 Å². The van der Waals surface area contributed by atoms with Crippen molar-refractivity contribution in [2.45, 2.75) is 58.5 Å². The summed E-state index contributed by atoms with van der Waals surface area (Å²) in [7, 11) is 0. The molecule has 0 spiro atoms. The van der Waals surface area contributed by atoms with Crippen LogP contribution in [0, 0.1) is 5.41 Å². The highest BCUT2D eigenvalue weighted by Gasteiger charge is 2.29. The number of alkyl carbamates (subject to hydrolysis) is 1. The van der Waals surface area contributed by atoms with Gasteiger partial charge in [-0.25, -0.2) is 4.79 Å². The minimum absolute atomic E-state index is 0.0308. The third-order valence-electron chi connectivity index (χ3n) is 8.31. The van der Waals surface area contributed by atoms with Crippen LogP contribution < -0.4 is 5.32 Å². The molecule has 3 aromatic rings. The Morgan fingerprint density at radius 3 is 2.41 bits per heavy atom. The van der Waals surface area contributed by atoms with Crippen LogP contribution in [0.3, 0.4) is 0 Å². The molecule has 4 heteroatoms. The van der Waals surface area contributed by atoms with E-state index in [1.165, 1.54) is 52.7 Å². The fraction of sp³-hybridized carbons (Fsp3) is 0.343. The van der Waals surface area contributed by atoms with Crippen LogP contribution in [0.4, 0.5) is 4.79 Å². The van der Waals surface area contributed by atoms with Gasteiger partial charge in [-0.2, -0.15) is 0 Å². The topological polar surface area (TPSA) is 58.6 Å². The van der Waals surface area contributed by atoms with Crippen LogP contribution in [0.1, 0.15) is 80.7 Å². The van der Waals surface area contributed by atoms with Crippen LogP contribution in [0.2, 0.25) is 0 Å². The Hall–Kier alpha value is -3.63. The van der Waals surface area contributed by atoms with E-state index >= 15 is 0 Å². The lowest BCUT2D eigenvalue weighted by molar-refractivity contribution is 0.136. The maximum atomic E-state index is 12.5. The molecule has 39 heavy (non-hydrogen) atoms. The molecule has 2 aliphatic rings. The SMILES string of the molecule is CC1=C(C=Cc2cccc([C@H](O)CCNC(=O)OCC3c4ccccc4-c4ccccc43)c2)C(C)(C)CCC1. The third-order valence-corrected chi connectivity index (χ3v) is 8.31. The number of allylic oxidation sites excluding steroid dienone is 3. The zero-order valence-corrected chi connectivity index (χ0v) is 23.2. The minimum Gasteiger partial charge on any atom is -0.449 e. The van der Waals surface area contributed by atoms with Crippen molar-refractivity contribution >= 4 is 12.2 Å². The second kappa shape index (κ2) is 11.6. The van der Waals surface area contributed by atoms with Crippen LogP contribution in [0.5, 0.6) is 0 Å². The van der Waals surface area contributed by atoms with E-state index in [1.54, 1.807) is 0 Å². The molecule has 202 valence electrons. The Labute approximate surface area is 232 Å². The standard InChI is InChI=1S/C35H39NO3/c1-24-10-9-20-35(2,3)32(24)18-17-25-11-8-12-26(22-25)33(37)19-21-36-34(38)39-23-31-29-15-6-4-13-27(29)28-14-5-7-16-30(28)31/h4-8,11-18,22,31,33,37H,9-10,19-21,23H2,1-3H3,(H,36,38)/t33-/m1/s1. The fourth-order valence-corrected chi connectivity index (χ4v) is 6.19. The predicted octanol–water partition coefficient (Wildman–Crippen LogP) is 8.19. The molecule has 0 unspecified atom stereocenters. The maximum absolute atomic E-state index is 12.5. The molecule has 0 heterocycles. The maximum Gasteiger partial charge on any atom is 0.407 e. The lowest BCUT2D eigenvalue weighted by atomic mass is 9.72. The zero-order chi connectivity index (χ0) is 27.4. The summed E-state index contributed by atoms with van der Waals surface area (Å²) < 4.78 is 5.62. The molecule has 2 aliphatic carbocycles. The number of amides is 1. The number of hydrogen-bond donors (Lipinski definition) is 2. The molecule has 0 saturated heterocycles. The van der Waals surface area contributed by atoms with Gasteiger partial charge in [-0.05, 0) is 83.0 Å². The average molecular weight is 522 g/mol. The predicted molar refractivity (Wildman–Crippen MR) is 158 cm³/mol. The molecule has 3 aromatic carbocycles. The van der Waals surface area contributed by atoms with Crippen molar-refractivity contribution < 1.29 is 14.6 Å². The van der Waals surface area contributed by atoms with Crippen molar-refractivity contribution in [3.63, 3.8) is 0 Å². The quantitative estimate of drug-likeness (QED) is 0.314. The van der Waals surface area contributed by atoms with Crippen LogP contribution in [-0.4, -0.2) is 24.4 Å². The summed E-state index contributed by atoms with van der Waals surface area (Å²) >= 11 is 0. The number of nitrogens with one attached hydrogen (secondary N) is 1. The number of aliphatic hydroxyl groups excluding tert-OH is 1. The van der Waals surface area contributed by atoms with E-state index in [-0.39, 0.29) is 17.9 Å². The third kappa shape index (κ3) is 6.02. The summed E-state index contributed by atoms with van der Waals surface area (Å²) in [5.74, 6) is 0.0308. The van der Waals surface area contributed by atoms with Crippen LogP contribution >= 0.6 is 0 Å². The number of aliphatic hydroxyl groups is 1. The van der Waals surface area contributed by atoms with Gasteiger partial charge in [0.15, 0.2) is 0 Å². The van der Waals surface area contributed by atoms with Crippen LogP contribution in [-0.2, 0) is 4.74 Å². The summed E-state index contributed by atoms with van der Waals surface area (Å²) in [4.78, 5) is 12.5. The highest BCUT2D eigenvalue weighted by atomic mass is 16.5. The van der Waals surface area contributed by atoms with Gasteiger partial charge in [-0.1, -0.05) is 98.3 Å². The number of fused-ring (bicyclic) bond motifs is 3. The van der Waals surface area contributed by atoms with Gasteiger partial charge in [0.2, 0.25) is 0 Å². The van der Waals surface area contributed by atoms with Crippen molar-refractivity contribution in [3.8, 4) is 11.1 Å². The number of ether oxygens (including phenoxy) is 1. The summed E-state index contributed by atoms with van der Waals surface area (Å²) in [5, 5.41) is 13.6. The molecule has 0 bridgehead atoms. The molecule has 1 amide bonds. The molecule has 0 aromatic heterocycles. The average Bonchev–Trinajstić information content (AvgIpc) is 3.25. The van der Waals surface area contributed by atoms with Gasteiger partial charge < -0.3 is 15.2 Å². The largest absolute Gasteiger partial charge is 0.449 e. The van der Waals surface area contributed by atoms with E-state index in [0.29, 0.717) is 13.0 Å². The molecular formula is C35H39NO3. The molecule has 1 atom stereocenters. The lowest BCUT2D eigenvalue weighted by Gasteiger charge is -2.32. The lowest BCUT2D eigenvalue weighted by Crippen LogP contribution is -2.27. The van der Waals surface area contributed by atoms with Gasteiger partial charge in [-0.3, -0.25) is 0 Å². The first kappa shape index (κ1) is 27.0. The molecule has 2 N–H and O–H groups in total. The summed E-state index contributed by atoms with van der Waals surface area (Å²) in [5.41, 5.74) is 9.79. The van der Waals surface area contributed by atoms with Gasteiger partial charge in [-0.15, -0.1) is 0 Å². The first-order chi connectivity index (χ1) is 18.8. The first-order valence-electron chi connectivity index (χ1n) is 14.1. The molecular weight excluding hydrogens is 482 g/mol. The Kier molecular flexibility index (Phi) is 8.04. The Bertz CT molecular complexity index is 1350. The summed E-state index contributed by atoms with van der Waals surface area (Å²) in [6.07, 6.45) is 7.31. The van der Waals surface area contributed by atoms with Crippen molar-refractivity contribution in [1.82, 2.24) is 5.32 Å². The van der Waals surface area contributed by atoms with Crippen molar-refractivity contribution in [2.24, 2.45) is 5.41 Å². The number of benzene rings is 3. The fourth-order valence-electron chi connectivity index (χ4n) is 6.19. The van der Waals surface area contributed by atoms with Gasteiger partial charge in [0.25, 0.3) is 0 Å². The smallest absolute Gasteiger partial charge is 0.407 e. The first-order valence-corrected chi connectivity index (χ1v) is 14.1. The number of carbonyl (C=O) groups excluding carboxylic acids is 1. The normalized spacial score (nSPS) is 17.1. The summed E-state index contributed by atoms with van der Waals surface area (Å²) in [6, 6.07) is 24.6. The minimum atomic E-state index is -0.667.